The van der Waals surface area contributed by atoms with Gasteiger partial charge in [0, 0.05) is 24.2 Å². The molecular formula is C17H22O4. The second-order valence-corrected chi connectivity index (χ2v) is 6.85. The molecule has 0 aromatic heterocycles. The first-order valence-corrected chi connectivity index (χ1v) is 7.83. The summed E-state index contributed by atoms with van der Waals surface area (Å²) in [7, 11) is 0. The van der Waals surface area contributed by atoms with E-state index in [9.17, 15) is 14.4 Å². The zero-order chi connectivity index (χ0) is 15.2. The maximum atomic E-state index is 12.2. The van der Waals surface area contributed by atoms with Crippen molar-refractivity contribution < 1.29 is 19.1 Å². The highest BCUT2D eigenvalue weighted by Gasteiger charge is 2.54. The van der Waals surface area contributed by atoms with Gasteiger partial charge in [-0.1, -0.05) is 6.92 Å². The minimum absolute atomic E-state index is 0.0235. The Morgan fingerprint density at radius 2 is 2.10 bits per heavy atom. The third-order valence-corrected chi connectivity index (χ3v) is 5.61. The Bertz CT molecular complexity index is 545. The molecule has 2 aliphatic carbocycles. The fourth-order valence-corrected chi connectivity index (χ4v) is 4.26. The summed E-state index contributed by atoms with van der Waals surface area (Å²) in [5.74, 6) is 0.678. The summed E-state index contributed by atoms with van der Waals surface area (Å²) in [6.07, 6.45) is 3.90. The number of hydrogen-bond acceptors (Lipinski definition) is 4. The highest BCUT2D eigenvalue weighted by molar-refractivity contribution is 5.99. The molecule has 0 aromatic carbocycles. The third kappa shape index (κ3) is 2.30. The number of Topliss-reactive ketones (excluding diaryl/α,β-unsaturated/α-hetero) is 3. The fourth-order valence-electron chi connectivity index (χ4n) is 4.26. The molecule has 3 atom stereocenters. The average Bonchev–Trinajstić information content (AvgIpc) is 2.74. The van der Waals surface area contributed by atoms with E-state index < -0.39 is 0 Å². The number of fused-ring (bicyclic) bond motifs is 3. The van der Waals surface area contributed by atoms with Crippen LogP contribution in [-0.4, -0.2) is 30.1 Å². The van der Waals surface area contributed by atoms with E-state index >= 15 is 0 Å². The Hall–Kier alpha value is -1.29. The van der Waals surface area contributed by atoms with E-state index in [1.54, 1.807) is 6.92 Å². The van der Waals surface area contributed by atoms with Gasteiger partial charge in [-0.05, 0) is 43.8 Å². The van der Waals surface area contributed by atoms with E-state index in [4.69, 9.17) is 4.74 Å². The quantitative estimate of drug-likeness (QED) is 0.800. The topological polar surface area (TPSA) is 60.4 Å². The van der Waals surface area contributed by atoms with Gasteiger partial charge < -0.3 is 9.53 Å². The minimum atomic E-state index is -0.278. The Kier molecular flexibility index (Phi) is 3.60. The second kappa shape index (κ2) is 5.16. The second-order valence-electron chi connectivity index (χ2n) is 6.85. The predicted octanol–water partition coefficient (Wildman–Crippen LogP) is 2.40. The van der Waals surface area contributed by atoms with Gasteiger partial charge in [0.05, 0.1) is 6.10 Å². The molecule has 1 aliphatic heterocycles. The summed E-state index contributed by atoms with van der Waals surface area (Å²) in [5, 5.41) is 0. The average molecular weight is 290 g/mol. The summed E-state index contributed by atoms with van der Waals surface area (Å²) >= 11 is 0. The van der Waals surface area contributed by atoms with Gasteiger partial charge in [-0.2, -0.15) is 0 Å². The van der Waals surface area contributed by atoms with Gasteiger partial charge in [0.2, 0.25) is 0 Å². The Morgan fingerprint density at radius 3 is 2.81 bits per heavy atom. The molecule has 2 saturated carbocycles. The van der Waals surface area contributed by atoms with E-state index in [2.05, 4.69) is 6.92 Å². The summed E-state index contributed by atoms with van der Waals surface area (Å²) in [6, 6.07) is 0. The number of rotatable bonds is 3. The first kappa shape index (κ1) is 14.6. The zero-order valence-corrected chi connectivity index (χ0v) is 12.7. The first-order valence-electron chi connectivity index (χ1n) is 7.83. The van der Waals surface area contributed by atoms with Gasteiger partial charge >= 0.3 is 0 Å². The van der Waals surface area contributed by atoms with Crippen molar-refractivity contribution in [3.05, 3.63) is 11.1 Å². The Balaban J connectivity index is 1.92. The van der Waals surface area contributed by atoms with Gasteiger partial charge in [0.25, 0.3) is 0 Å². The van der Waals surface area contributed by atoms with Gasteiger partial charge in [-0.25, -0.2) is 0 Å². The molecule has 2 fully saturated rings. The lowest BCUT2D eigenvalue weighted by Gasteiger charge is -2.44. The summed E-state index contributed by atoms with van der Waals surface area (Å²) < 4.78 is 5.81. The third-order valence-electron chi connectivity index (χ3n) is 5.61. The largest absolute Gasteiger partial charge is 0.365 e. The molecule has 0 aromatic rings. The lowest BCUT2D eigenvalue weighted by atomic mass is 9.64. The molecule has 21 heavy (non-hydrogen) atoms. The molecule has 4 nitrogen and oxygen atoms in total. The van der Waals surface area contributed by atoms with E-state index in [0.29, 0.717) is 25.0 Å². The van der Waals surface area contributed by atoms with Crippen molar-refractivity contribution in [1.29, 1.82) is 0 Å². The lowest BCUT2D eigenvalue weighted by Crippen LogP contribution is -2.46. The highest BCUT2D eigenvalue weighted by atomic mass is 16.5. The molecule has 2 unspecified atom stereocenters. The number of hydrogen-bond donors (Lipinski definition) is 0. The van der Waals surface area contributed by atoms with Crippen LogP contribution >= 0.6 is 0 Å². The zero-order valence-electron chi connectivity index (χ0n) is 12.7. The van der Waals surface area contributed by atoms with Crippen LogP contribution in [0.3, 0.4) is 0 Å². The van der Waals surface area contributed by atoms with Crippen LogP contribution in [0.1, 0.15) is 52.4 Å². The summed E-state index contributed by atoms with van der Waals surface area (Å²) in [5.41, 5.74) is 1.60. The van der Waals surface area contributed by atoms with Gasteiger partial charge in [0.1, 0.15) is 18.2 Å². The smallest absolute Gasteiger partial charge is 0.184 e. The van der Waals surface area contributed by atoms with Crippen LogP contribution in [0.15, 0.2) is 11.1 Å². The molecule has 0 bridgehead atoms. The number of carbonyl (C=O) groups excluding carboxylic acids is 3. The molecule has 0 radical (unpaired) electrons. The molecule has 3 aliphatic rings. The van der Waals surface area contributed by atoms with Gasteiger partial charge in [0.15, 0.2) is 5.78 Å². The van der Waals surface area contributed by atoms with E-state index in [1.165, 1.54) is 0 Å². The van der Waals surface area contributed by atoms with Gasteiger partial charge in [-0.3, -0.25) is 9.59 Å². The van der Waals surface area contributed by atoms with Crippen LogP contribution in [0, 0.1) is 11.3 Å². The molecule has 0 saturated heterocycles. The fraction of sp³-hybridized carbons (Fsp3) is 0.706. The van der Waals surface area contributed by atoms with Crippen LogP contribution in [-0.2, 0) is 19.1 Å². The molecular weight excluding hydrogens is 268 g/mol. The van der Waals surface area contributed by atoms with Crippen LogP contribution < -0.4 is 0 Å². The van der Waals surface area contributed by atoms with E-state index in [0.717, 1.165) is 30.4 Å². The number of ketones is 3. The standard InChI is InChI=1S/C17H22O4/c1-10(18)3-4-11-12-7-8-17(2)13(5-6-15(17)20)16(12)21-9-14(11)19/h13,16H,3-9H2,1-2H3/t13?,16?,17-/m0/s1. The summed E-state index contributed by atoms with van der Waals surface area (Å²) in [6.45, 7) is 3.71. The summed E-state index contributed by atoms with van der Waals surface area (Å²) in [4.78, 5) is 35.5. The maximum Gasteiger partial charge on any atom is 0.184 e. The van der Waals surface area contributed by atoms with Crippen LogP contribution in [0.25, 0.3) is 0 Å². The minimum Gasteiger partial charge on any atom is -0.365 e. The highest BCUT2D eigenvalue weighted by Crippen LogP contribution is 2.53. The lowest BCUT2D eigenvalue weighted by molar-refractivity contribution is -0.133. The Labute approximate surface area is 124 Å². The van der Waals surface area contributed by atoms with Crippen molar-refractivity contribution in [2.75, 3.05) is 6.61 Å². The van der Waals surface area contributed by atoms with E-state index in [1.807, 2.05) is 0 Å². The van der Waals surface area contributed by atoms with E-state index in [-0.39, 0.29) is 35.6 Å². The molecule has 3 rings (SSSR count). The van der Waals surface area contributed by atoms with Crippen LogP contribution in [0.4, 0.5) is 0 Å². The number of ether oxygens (including phenoxy) is 1. The van der Waals surface area contributed by atoms with Gasteiger partial charge in [-0.15, -0.1) is 0 Å². The van der Waals surface area contributed by atoms with Crippen molar-refractivity contribution in [3.63, 3.8) is 0 Å². The number of carbonyl (C=O) groups is 3. The monoisotopic (exact) mass is 290 g/mol. The molecule has 4 heteroatoms. The molecule has 0 amide bonds. The first-order chi connectivity index (χ1) is 9.93. The normalized spacial score (nSPS) is 35.7. The Morgan fingerprint density at radius 1 is 1.33 bits per heavy atom. The predicted molar refractivity (Wildman–Crippen MR) is 76.8 cm³/mol. The molecule has 114 valence electrons. The molecule has 1 heterocycles. The molecule has 0 spiro atoms. The van der Waals surface area contributed by atoms with Crippen molar-refractivity contribution in [2.24, 2.45) is 11.3 Å². The van der Waals surface area contributed by atoms with Crippen LogP contribution in [0.2, 0.25) is 0 Å². The maximum absolute atomic E-state index is 12.2. The van der Waals surface area contributed by atoms with Crippen LogP contribution in [0.5, 0.6) is 0 Å². The molecule has 0 N–H and O–H groups in total. The van der Waals surface area contributed by atoms with Crippen molar-refractivity contribution >= 4 is 17.3 Å². The van der Waals surface area contributed by atoms with Crippen molar-refractivity contribution in [1.82, 2.24) is 0 Å². The SMILES string of the molecule is CC(=O)CCC1=C2CC[C@]3(C)C(=O)CCC3C2OCC1=O. The van der Waals surface area contributed by atoms with Crippen molar-refractivity contribution in [3.8, 4) is 0 Å². The van der Waals surface area contributed by atoms with Crippen molar-refractivity contribution in [2.45, 2.75) is 58.5 Å².